The number of hydrogen-bond donors (Lipinski definition) is 1. The van der Waals surface area contributed by atoms with Gasteiger partial charge in [0.15, 0.2) is 0 Å². The van der Waals surface area contributed by atoms with Crippen molar-refractivity contribution in [2.45, 2.75) is 51.2 Å². The fraction of sp³-hybridized carbons (Fsp3) is 0.923. The molecule has 1 rings (SSSR count). The molecule has 0 radical (unpaired) electrons. The second kappa shape index (κ2) is 6.59. The molecule has 0 aromatic carbocycles. The van der Waals surface area contributed by atoms with Crippen LogP contribution >= 0.6 is 0 Å². The minimum atomic E-state index is -4.22. The van der Waals surface area contributed by atoms with Gasteiger partial charge in [0.05, 0.1) is 6.42 Å². The predicted molar refractivity (Wildman–Crippen MR) is 67.4 cm³/mol. The van der Waals surface area contributed by atoms with E-state index in [0.717, 1.165) is 25.7 Å². The lowest BCUT2D eigenvalue weighted by Gasteiger charge is -2.32. The van der Waals surface area contributed by atoms with E-state index in [1.165, 1.54) is 11.9 Å². The molecule has 0 bridgehead atoms. The molecule has 19 heavy (non-hydrogen) atoms. The monoisotopic (exact) mass is 280 g/mol. The maximum atomic E-state index is 12.1. The van der Waals surface area contributed by atoms with E-state index in [-0.39, 0.29) is 30.3 Å². The number of amides is 1. The highest BCUT2D eigenvalue weighted by molar-refractivity contribution is 5.78. The number of nitrogens with zero attached hydrogens (tertiary/aromatic N) is 1. The molecule has 0 heterocycles. The minimum absolute atomic E-state index is 0.120. The zero-order valence-electron chi connectivity index (χ0n) is 11.5. The highest BCUT2D eigenvalue weighted by Gasteiger charge is 2.32. The van der Waals surface area contributed by atoms with E-state index >= 15 is 0 Å². The summed E-state index contributed by atoms with van der Waals surface area (Å²) in [5.74, 6) is -0.252. The number of rotatable bonds is 4. The van der Waals surface area contributed by atoms with Crippen molar-refractivity contribution in [1.82, 2.24) is 4.90 Å². The van der Waals surface area contributed by atoms with Crippen molar-refractivity contribution in [3.8, 4) is 0 Å². The first-order valence-electron chi connectivity index (χ1n) is 6.78. The van der Waals surface area contributed by atoms with Gasteiger partial charge in [-0.3, -0.25) is 4.79 Å². The van der Waals surface area contributed by atoms with E-state index in [0.29, 0.717) is 0 Å². The molecule has 1 fully saturated rings. The zero-order valence-corrected chi connectivity index (χ0v) is 11.5. The van der Waals surface area contributed by atoms with Gasteiger partial charge in [-0.25, -0.2) is 0 Å². The van der Waals surface area contributed by atoms with Gasteiger partial charge in [0, 0.05) is 25.6 Å². The van der Waals surface area contributed by atoms with Crippen LogP contribution in [0.4, 0.5) is 13.2 Å². The van der Waals surface area contributed by atoms with Crippen molar-refractivity contribution in [2.75, 3.05) is 13.6 Å². The Bertz CT molecular complexity index is 307. The van der Waals surface area contributed by atoms with Gasteiger partial charge in [-0.1, -0.05) is 13.3 Å². The average Bonchev–Trinajstić information content (AvgIpc) is 2.33. The fourth-order valence-corrected chi connectivity index (χ4v) is 2.67. The first kappa shape index (κ1) is 16.3. The van der Waals surface area contributed by atoms with E-state index in [9.17, 15) is 18.0 Å². The maximum absolute atomic E-state index is 12.1. The first-order valence-corrected chi connectivity index (χ1v) is 6.78. The Morgan fingerprint density at radius 3 is 2.58 bits per heavy atom. The molecule has 1 amide bonds. The second-order valence-corrected chi connectivity index (χ2v) is 5.60. The summed E-state index contributed by atoms with van der Waals surface area (Å²) in [6.07, 6.45) is -1.47. The van der Waals surface area contributed by atoms with E-state index in [4.69, 9.17) is 5.73 Å². The Kier molecular flexibility index (Phi) is 5.64. The van der Waals surface area contributed by atoms with Crippen LogP contribution in [0.3, 0.4) is 0 Å². The molecule has 0 saturated heterocycles. The van der Waals surface area contributed by atoms with Crippen LogP contribution in [0.2, 0.25) is 0 Å². The lowest BCUT2D eigenvalue weighted by Crippen LogP contribution is -2.40. The summed E-state index contributed by atoms with van der Waals surface area (Å²) in [4.78, 5) is 13.3. The summed E-state index contributed by atoms with van der Waals surface area (Å²) in [5.41, 5.74) is 5.88. The molecule has 6 heteroatoms. The number of hydrogen-bond acceptors (Lipinski definition) is 2. The Morgan fingerprint density at radius 2 is 2.05 bits per heavy atom. The minimum Gasteiger partial charge on any atom is -0.345 e. The van der Waals surface area contributed by atoms with E-state index in [1.807, 2.05) is 0 Å². The van der Waals surface area contributed by atoms with Gasteiger partial charge < -0.3 is 10.6 Å². The van der Waals surface area contributed by atoms with Gasteiger partial charge in [-0.05, 0) is 25.2 Å². The Labute approximate surface area is 112 Å². The van der Waals surface area contributed by atoms with Gasteiger partial charge >= 0.3 is 6.18 Å². The van der Waals surface area contributed by atoms with Crippen molar-refractivity contribution < 1.29 is 18.0 Å². The quantitative estimate of drug-likeness (QED) is 0.860. The normalized spacial score (nSPS) is 26.0. The molecular formula is C13H23F3N2O. The van der Waals surface area contributed by atoms with Crippen LogP contribution < -0.4 is 5.73 Å². The molecule has 2 N–H and O–H groups in total. The van der Waals surface area contributed by atoms with Crippen LogP contribution in [0, 0.1) is 11.8 Å². The standard InChI is InChI=1S/C13H23F3N2O/c1-9(10-4-3-5-11(17)8-10)12(19)18(2)7-6-13(14,15)16/h9-11H,3-8,17H2,1-2H3. The molecule has 1 aliphatic rings. The van der Waals surface area contributed by atoms with Gasteiger partial charge in [-0.15, -0.1) is 0 Å². The Hall–Kier alpha value is -0.780. The number of nitrogens with two attached hydrogens (primary N) is 1. The summed E-state index contributed by atoms with van der Waals surface area (Å²) in [5, 5.41) is 0. The first-order chi connectivity index (χ1) is 8.70. The van der Waals surface area contributed by atoms with Gasteiger partial charge in [0.2, 0.25) is 5.91 Å². The maximum Gasteiger partial charge on any atom is 0.390 e. The molecule has 1 aliphatic carbocycles. The SMILES string of the molecule is CC(C(=O)N(C)CCC(F)(F)F)C1CCCC(N)C1. The lowest BCUT2D eigenvalue weighted by molar-refractivity contribution is -0.147. The van der Waals surface area contributed by atoms with Crippen molar-refractivity contribution in [3.63, 3.8) is 0 Å². The molecule has 0 aliphatic heterocycles. The van der Waals surface area contributed by atoms with Crippen molar-refractivity contribution in [1.29, 1.82) is 0 Å². The lowest BCUT2D eigenvalue weighted by atomic mass is 9.78. The number of alkyl halides is 3. The molecule has 3 nitrogen and oxygen atoms in total. The van der Waals surface area contributed by atoms with Crippen LogP contribution in [-0.4, -0.2) is 36.6 Å². The van der Waals surface area contributed by atoms with Crippen LogP contribution in [0.15, 0.2) is 0 Å². The topological polar surface area (TPSA) is 46.3 Å². The van der Waals surface area contributed by atoms with Crippen molar-refractivity contribution in [3.05, 3.63) is 0 Å². The molecule has 112 valence electrons. The molecule has 1 saturated carbocycles. The Balaban J connectivity index is 2.46. The van der Waals surface area contributed by atoms with E-state index in [2.05, 4.69) is 0 Å². The van der Waals surface area contributed by atoms with Gasteiger partial charge in [-0.2, -0.15) is 13.2 Å². The van der Waals surface area contributed by atoms with Gasteiger partial charge in [0.1, 0.15) is 0 Å². The third kappa shape index (κ3) is 5.38. The molecule has 0 aromatic heterocycles. The third-order valence-corrected chi connectivity index (χ3v) is 3.96. The highest BCUT2D eigenvalue weighted by atomic mass is 19.4. The summed E-state index contributed by atoms with van der Waals surface area (Å²) in [6, 6.07) is 0.120. The van der Waals surface area contributed by atoms with Crippen LogP contribution in [0.5, 0.6) is 0 Å². The second-order valence-electron chi connectivity index (χ2n) is 5.60. The largest absolute Gasteiger partial charge is 0.390 e. The van der Waals surface area contributed by atoms with Crippen molar-refractivity contribution in [2.24, 2.45) is 17.6 Å². The van der Waals surface area contributed by atoms with E-state index < -0.39 is 12.6 Å². The van der Waals surface area contributed by atoms with Gasteiger partial charge in [0.25, 0.3) is 0 Å². The fourth-order valence-electron chi connectivity index (χ4n) is 2.67. The number of carbonyl (C=O) groups excluding carboxylic acids is 1. The third-order valence-electron chi connectivity index (χ3n) is 3.96. The number of carbonyl (C=O) groups is 1. The average molecular weight is 280 g/mol. The summed E-state index contributed by atoms with van der Waals surface area (Å²) in [7, 11) is 1.44. The highest BCUT2D eigenvalue weighted by Crippen LogP contribution is 2.30. The summed E-state index contributed by atoms with van der Waals surface area (Å²) < 4.78 is 36.4. The van der Waals surface area contributed by atoms with Crippen LogP contribution in [0.25, 0.3) is 0 Å². The predicted octanol–water partition coefficient (Wildman–Crippen LogP) is 2.55. The zero-order chi connectivity index (χ0) is 14.6. The smallest absolute Gasteiger partial charge is 0.345 e. The molecular weight excluding hydrogens is 257 g/mol. The van der Waals surface area contributed by atoms with Crippen molar-refractivity contribution >= 4 is 5.91 Å². The molecule has 0 spiro atoms. The van der Waals surface area contributed by atoms with Crippen LogP contribution in [0.1, 0.15) is 39.0 Å². The molecule has 3 unspecified atom stereocenters. The molecule has 0 aromatic rings. The summed E-state index contributed by atoms with van der Waals surface area (Å²) in [6.45, 7) is 1.53. The Morgan fingerprint density at radius 1 is 1.42 bits per heavy atom. The number of halogens is 3. The molecule has 3 atom stereocenters. The van der Waals surface area contributed by atoms with E-state index in [1.54, 1.807) is 6.92 Å². The van der Waals surface area contributed by atoms with Crippen LogP contribution in [-0.2, 0) is 4.79 Å². The summed E-state index contributed by atoms with van der Waals surface area (Å²) >= 11 is 0.